The van der Waals surface area contributed by atoms with Gasteiger partial charge in [0.05, 0.1) is 19.0 Å². The molecule has 3 N–H and O–H groups in total. The summed E-state index contributed by atoms with van der Waals surface area (Å²) in [6.07, 6.45) is 5.10. The number of alkyl carbamates (subject to hydrolysis) is 1. The van der Waals surface area contributed by atoms with Crippen LogP contribution in [0, 0.1) is 5.92 Å². The van der Waals surface area contributed by atoms with E-state index in [0.717, 1.165) is 63.6 Å². The summed E-state index contributed by atoms with van der Waals surface area (Å²) in [5, 5.41) is 5.25. The maximum atomic E-state index is 13.1. The minimum Gasteiger partial charge on any atom is -0.453 e. The molecule has 0 aromatic heterocycles. The molecule has 1 heterocycles. The molecule has 0 spiro atoms. The smallest absolute Gasteiger partial charge is 0.407 e. The molecule has 166 valence electrons. The van der Waals surface area contributed by atoms with E-state index in [1.807, 2.05) is 39.0 Å². The van der Waals surface area contributed by atoms with Gasteiger partial charge in [-0.15, -0.1) is 0 Å². The molecule has 1 aliphatic heterocycles. The lowest BCUT2D eigenvalue weighted by molar-refractivity contribution is -0.668. The molecule has 0 atom stereocenters. The Kier molecular flexibility index (Phi) is 7.40. The zero-order valence-electron chi connectivity index (χ0n) is 18.6. The van der Waals surface area contributed by atoms with Gasteiger partial charge in [0, 0.05) is 18.9 Å². The van der Waals surface area contributed by atoms with Crippen molar-refractivity contribution in [2.24, 2.45) is 5.92 Å². The van der Waals surface area contributed by atoms with Crippen molar-refractivity contribution >= 4 is 12.1 Å². The quantitative estimate of drug-likeness (QED) is 0.696. The van der Waals surface area contributed by atoms with E-state index in [0.29, 0.717) is 0 Å². The fourth-order valence-electron chi connectivity index (χ4n) is 4.40. The summed E-state index contributed by atoms with van der Waals surface area (Å²) in [7, 11) is 0. The van der Waals surface area contributed by atoms with Gasteiger partial charge in [-0.25, -0.2) is 4.79 Å². The second kappa shape index (κ2) is 9.82. The van der Waals surface area contributed by atoms with E-state index in [4.69, 9.17) is 9.47 Å². The van der Waals surface area contributed by atoms with Gasteiger partial charge in [0.1, 0.15) is 11.2 Å². The molecule has 2 aliphatic rings. The Morgan fingerprint density at radius 1 is 1.10 bits per heavy atom. The summed E-state index contributed by atoms with van der Waals surface area (Å²) in [4.78, 5) is 25.2. The number of nitrogens with one attached hydrogen (secondary N) is 1. The Hall–Kier alpha value is -2.08. The molecule has 6 heteroatoms. The lowest BCUT2D eigenvalue weighted by Gasteiger charge is -2.38. The third-order valence-electron chi connectivity index (χ3n) is 6.70. The number of amides is 1. The van der Waals surface area contributed by atoms with E-state index in [1.165, 1.54) is 0 Å². The summed E-state index contributed by atoms with van der Waals surface area (Å²) in [5.41, 5.74) is 0.134. The number of benzene rings is 1. The van der Waals surface area contributed by atoms with E-state index in [2.05, 4.69) is 22.8 Å². The topological polar surface area (TPSA) is 81.2 Å². The first-order valence-electron chi connectivity index (χ1n) is 11.4. The van der Waals surface area contributed by atoms with Gasteiger partial charge in [0.2, 0.25) is 0 Å². The molecule has 30 heavy (non-hydrogen) atoms. The molecule has 0 radical (unpaired) electrons. The standard InChI is InChI=1S/C24H36N2O4/c1-4-23(2,3)30-22(28)26-20-12-10-18(11-13-20)21(27)29-24(14-16-25-17-15-24)19-8-6-5-7-9-19/h5-9,18,20,25H,4,10-17H2,1-3H3,(H,26,28)/p+1. The average Bonchev–Trinajstić information content (AvgIpc) is 2.75. The SMILES string of the molecule is CCC(C)(C)OC(=O)NC1CCC(C(=O)OC2(c3ccccc3)CC[NH2+]CC2)CC1. The number of nitrogens with two attached hydrogens (primary N) is 1. The van der Waals surface area contributed by atoms with E-state index < -0.39 is 11.2 Å². The number of carbonyl (C=O) groups excluding carboxylic acids is 2. The number of esters is 1. The summed E-state index contributed by atoms with van der Waals surface area (Å²) in [5.74, 6) is -0.188. The molecule has 2 fully saturated rings. The van der Waals surface area contributed by atoms with Crippen LogP contribution < -0.4 is 10.6 Å². The van der Waals surface area contributed by atoms with Crippen LogP contribution >= 0.6 is 0 Å². The van der Waals surface area contributed by atoms with E-state index in [9.17, 15) is 9.59 Å². The zero-order valence-corrected chi connectivity index (χ0v) is 18.6. The number of quaternary nitrogens is 1. The molecule has 1 saturated heterocycles. The van der Waals surface area contributed by atoms with Crippen molar-refractivity contribution in [1.29, 1.82) is 0 Å². The first-order chi connectivity index (χ1) is 14.3. The Balaban J connectivity index is 1.54. The van der Waals surface area contributed by atoms with Crippen LogP contribution in [-0.4, -0.2) is 36.8 Å². The molecular weight excluding hydrogens is 380 g/mol. The highest BCUT2D eigenvalue weighted by molar-refractivity contribution is 5.73. The summed E-state index contributed by atoms with van der Waals surface area (Å²) in [6.45, 7) is 7.75. The number of ether oxygens (including phenoxy) is 2. The van der Waals surface area contributed by atoms with Crippen LogP contribution in [0.5, 0.6) is 0 Å². The Morgan fingerprint density at radius 2 is 1.73 bits per heavy atom. The number of rotatable bonds is 6. The lowest BCUT2D eigenvalue weighted by Crippen LogP contribution is -2.87. The van der Waals surface area contributed by atoms with Crippen molar-refractivity contribution in [2.75, 3.05) is 13.1 Å². The third-order valence-corrected chi connectivity index (χ3v) is 6.70. The van der Waals surface area contributed by atoms with Crippen LogP contribution in [0.4, 0.5) is 4.79 Å². The highest BCUT2D eigenvalue weighted by Crippen LogP contribution is 2.36. The zero-order chi connectivity index (χ0) is 21.6. The fourth-order valence-corrected chi connectivity index (χ4v) is 4.40. The molecule has 1 aromatic carbocycles. The Bertz CT molecular complexity index is 705. The van der Waals surface area contributed by atoms with Gasteiger partial charge in [-0.05, 0) is 51.5 Å². The minimum absolute atomic E-state index is 0.0570. The van der Waals surface area contributed by atoms with E-state index in [-0.39, 0.29) is 24.0 Å². The van der Waals surface area contributed by atoms with Crippen molar-refractivity contribution in [1.82, 2.24) is 5.32 Å². The van der Waals surface area contributed by atoms with Crippen LogP contribution in [0.15, 0.2) is 30.3 Å². The molecule has 6 nitrogen and oxygen atoms in total. The normalized spacial score (nSPS) is 24.0. The fraction of sp³-hybridized carbons (Fsp3) is 0.667. The first kappa shape index (κ1) is 22.6. The number of carbonyl (C=O) groups is 2. The molecule has 1 amide bonds. The summed E-state index contributed by atoms with van der Waals surface area (Å²) >= 11 is 0. The van der Waals surface area contributed by atoms with Crippen LogP contribution in [0.2, 0.25) is 0 Å². The highest BCUT2D eigenvalue weighted by Gasteiger charge is 2.41. The summed E-state index contributed by atoms with van der Waals surface area (Å²) < 4.78 is 11.7. The predicted octanol–water partition coefficient (Wildman–Crippen LogP) is 3.26. The van der Waals surface area contributed by atoms with Gasteiger partial charge in [0.25, 0.3) is 0 Å². The number of hydrogen-bond acceptors (Lipinski definition) is 4. The number of piperidine rings is 1. The first-order valence-corrected chi connectivity index (χ1v) is 11.4. The number of hydrogen-bond donors (Lipinski definition) is 2. The highest BCUT2D eigenvalue weighted by atomic mass is 16.6. The second-order valence-corrected chi connectivity index (χ2v) is 9.34. The van der Waals surface area contributed by atoms with E-state index >= 15 is 0 Å². The molecule has 0 unspecified atom stereocenters. The van der Waals surface area contributed by atoms with Crippen LogP contribution in [0.25, 0.3) is 0 Å². The molecular formula is C24H37N2O4+. The van der Waals surface area contributed by atoms with Gasteiger partial charge in [-0.1, -0.05) is 37.3 Å². The lowest BCUT2D eigenvalue weighted by atomic mass is 9.83. The van der Waals surface area contributed by atoms with Crippen LogP contribution in [0.1, 0.15) is 71.3 Å². The minimum atomic E-state index is -0.502. The van der Waals surface area contributed by atoms with Gasteiger partial charge in [0.15, 0.2) is 0 Å². The van der Waals surface area contributed by atoms with Gasteiger partial charge >= 0.3 is 12.1 Å². The van der Waals surface area contributed by atoms with Gasteiger partial charge in [-0.3, -0.25) is 4.79 Å². The Labute approximate surface area is 180 Å². The van der Waals surface area contributed by atoms with Crippen molar-refractivity contribution in [2.45, 2.75) is 83.0 Å². The van der Waals surface area contributed by atoms with Crippen molar-refractivity contribution in [3.8, 4) is 0 Å². The monoisotopic (exact) mass is 417 g/mol. The van der Waals surface area contributed by atoms with Crippen molar-refractivity contribution in [3.63, 3.8) is 0 Å². The Morgan fingerprint density at radius 3 is 2.33 bits per heavy atom. The largest absolute Gasteiger partial charge is 0.453 e. The maximum Gasteiger partial charge on any atom is 0.407 e. The van der Waals surface area contributed by atoms with E-state index in [1.54, 1.807) is 0 Å². The second-order valence-electron chi connectivity index (χ2n) is 9.34. The predicted molar refractivity (Wildman–Crippen MR) is 115 cm³/mol. The molecule has 1 aromatic rings. The maximum absolute atomic E-state index is 13.1. The molecule has 1 aliphatic carbocycles. The van der Waals surface area contributed by atoms with Crippen LogP contribution in [-0.2, 0) is 19.9 Å². The van der Waals surface area contributed by atoms with Crippen molar-refractivity contribution < 1.29 is 24.4 Å². The molecule has 0 bridgehead atoms. The van der Waals surface area contributed by atoms with Gasteiger partial charge in [-0.2, -0.15) is 0 Å². The van der Waals surface area contributed by atoms with Crippen LogP contribution in [0.3, 0.4) is 0 Å². The average molecular weight is 418 g/mol. The molecule has 3 rings (SSSR count). The third kappa shape index (κ3) is 5.75. The van der Waals surface area contributed by atoms with Crippen molar-refractivity contribution in [3.05, 3.63) is 35.9 Å². The molecule has 1 saturated carbocycles. The van der Waals surface area contributed by atoms with Gasteiger partial charge < -0.3 is 20.1 Å². The summed E-state index contributed by atoms with van der Waals surface area (Å²) in [6, 6.07) is 10.2.